The summed E-state index contributed by atoms with van der Waals surface area (Å²) in [6, 6.07) is 11.8. The quantitative estimate of drug-likeness (QED) is 0.735. The first-order chi connectivity index (χ1) is 7.67. The molecule has 16 heavy (non-hydrogen) atoms. The molecule has 4 heteroatoms. The van der Waals surface area contributed by atoms with Crippen molar-refractivity contribution in [1.82, 2.24) is 0 Å². The fourth-order valence-corrected chi connectivity index (χ4v) is 2.40. The molecule has 0 radical (unpaired) electrons. The van der Waals surface area contributed by atoms with Gasteiger partial charge in [0, 0.05) is 10.6 Å². The van der Waals surface area contributed by atoms with E-state index in [1.807, 2.05) is 37.3 Å². The minimum atomic E-state index is -0.330. The van der Waals surface area contributed by atoms with E-state index in [2.05, 4.69) is 15.8 Å². The molecule has 1 aliphatic rings. The Morgan fingerprint density at radius 2 is 1.88 bits per heavy atom. The van der Waals surface area contributed by atoms with Crippen molar-refractivity contribution in [3.05, 3.63) is 48.9 Å². The number of fused-ring (bicyclic) bond motifs is 1. The highest BCUT2D eigenvalue weighted by Crippen LogP contribution is 2.41. The van der Waals surface area contributed by atoms with Gasteiger partial charge in [-0.2, -0.15) is 0 Å². The number of furan rings is 1. The summed E-state index contributed by atoms with van der Waals surface area (Å²) < 4.78 is 4.58. The first kappa shape index (κ1) is 11.1. The zero-order valence-corrected chi connectivity index (χ0v) is 9.83. The summed E-state index contributed by atoms with van der Waals surface area (Å²) in [6.07, 6.45) is 3.25. The van der Waals surface area contributed by atoms with Crippen LogP contribution in [0.15, 0.2) is 58.2 Å². The van der Waals surface area contributed by atoms with Gasteiger partial charge in [-0.3, -0.25) is 0 Å². The number of rotatable bonds is 0. The number of anilines is 1. The van der Waals surface area contributed by atoms with Crippen LogP contribution in [0.1, 0.15) is 6.92 Å². The van der Waals surface area contributed by atoms with E-state index in [1.165, 1.54) is 4.90 Å². The highest BCUT2D eigenvalue weighted by Gasteiger charge is 2.27. The van der Waals surface area contributed by atoms with Crippen molar-refractivity contribution in [2.45, 2.75) is 16.8 Å². The van der Waals surface area contributed by atoms with E-state index >= 15 is 0 Å². The van der Waals surface area contributed by atoms with Gasteiger partial charge >= 0.3 is 0 Å². The molecule has 0 saturated carbocycles. The average molecular weight is 234 g/mol. The minimum absolute atomic E-state index is 0.330. The number of para-hydroxylation sites is 1. The number of nitrogens with two attached hydrogens (primary N) is 1. The SMILES string of the molecule is CC1(N)Nc2ccccc2S1.c1ccoc1. The fourth-order valence-electron chi connectivity index (χ4n) is 1.41. The van der Waals surface area contributed by atoms with Crippen LogP contribution in [0.5, 0.6) is 0 Å². The maximum Gasteiger partial charge on any atom is 0.136 e. The zero-order valence-electron chi connectivity index (χ0n) is 9.01. The molecule has 1 unspecified atom stereocenters. The minimum Gasteiger partial charge on any atom is -0.473 e. The lowest BCUT2D eigenvalue weighted by Gasteiger charge is -2.16. The van der Waals surface area contributed by atoms with Crippen LogP contribution in [-0.2, 0) is 0 Å². The Labute approximate surface area is 99.0 Å². The molecular weight excluding hydrogens is 220 g/mol. The number of thioether (sulfide) groups is 1. The fraction of sp³-hybridized carbons (Fsp3) is 0.167. The third kappa shape index (κ3) is 2.81. The van der Waals surface area contributed by atoms with E-state index in [-0.39, 0.29) is 4.99 Å². The number of hydrogen-bond acceptors (Lipinski definition) is 4. The third-order valence-corrected chi connectivity index (χ3v) is 3.12. The van der Waals surface area contributed by atoms with Crippen LogP contribution in [0.3, 0.4) is 0 Å². The lowest BCUT2D eigenvalue weighted by Crippen LogP contribution is -2.37. The van der Waals surface area contributed by atoms with Crippen LogP contribution in [0, 0.1) is 0 Å². The predicted molar refractivity (Wildman–Crippen MR) is 67.2 cm³/mol. The molecule has 0 fully saturated rings. The molecule has 3 N–H and O–H groups in total. The average Bonchev–Trinajstić information content (AvgIpc) is 2.84. The van der Waals surface area contributed by atoms with Gasteiger partial charge in [0.15, 0.2) is 0 Å². The van der Waals surface area contributed by atoms with E-state index in [4.69, 9.17) is 5.73 Å². The summed E-state index contributed by atoms with van der Waals surface area (Å²) in [5, 5.41) is 3.21. The van der Waals surface area contributed by atoms with E-state index in [9.17, 15) is 0 Å². The van der Waals surface area contributed by atoms with Gasteiger partial charge in [-0.25, -0.2) is 0 Å². The Bertz CT molecular complexity index is 396. The summed E-state index contributed by atoms with van der Waals surface area (Å²) in [5.41, 5.74) is 7.02. The van der Waals surface area contributed by atoms with Gasteiger partial charge in [0.1, 0.15) is 4.99 Å². The molecule has 2 heterocycles. The van der Waals surface area contributed by atoms with Crippen molar-refractivity contribution in [3.8, 4) is 0 Å². The van der Waals surface area contributed by atoms with Crippen molar-refractivity contribution in [2.24, 2.45) is 5.73 Å². The normalized spacial score (nSPS) is 21.6. The molecule has 3 rings (SSSR count). The van der Waals surface area contributed by atoms with Crippen molar-refractivity contribution in [3.63, 3.8) is 0 Å². The lowest BCUT2D eigenvalue weighted by molar-refractivity contribution is 0.567. The van der Waals surface area contributed by atoms with Crippen LogP contribution >= 0.6 is 11.8 Å². The molecule has 0 bridgehead atoms. The van der Waals surface area contributed by atoms with Gasteiger partial charge < -0.3 is 15.5 Å². The molecule has 2 aromatic rings. The summed E-state index contributed by atoms with van der Waals surface area (Å²) >= 11 is 1.66. The van der Waals surface area contributed by atoms with E-state index in [0.29, 0.717) is 0 Å². The van der Waals surface area contributed by atoms with Gasteiger partial charge in [-0.15, -0.1) is 0 Å². The smallest absolute Gasteiger partial charge is 0.136 e. The van der Waals surface area contributed by atoms with Crippen LogP contribution < -0.4 is 11.1 Å². The van der Waals surface area contributed by atoms with Gasteiger partial charge in [-0.05, 0) is 31.2 Å². The third-order valence-electron chi connectivity index (χ3n) is 2.02. The lowest BCUT2D eigenvalue weighted by atomic mass is 10.3. The topological polar surface area (TPSA) is 51.2 Å². The van der Waals surface area contributed by atoms with Gasteiger partial charge in [0.25, 0.3) is 0 Å². The molecular formula is C12H14N2OS. The van der Waals surface area contributed by atoms with Gasteiger partial charge in [0.2, 0.25) is 0 Å². The summed E-state index contributed by atoms with van der Waals surface area (Å²) in [6.45, 7) is 1.97. The molecule has 0 amide bonds. The van der Waals surface area contributed by atoms with Gasteiger partial charge in [0.05, 0.1) is 12.5 Å². The molecule has 0 spiro atoms. The Balaban J connectivity index is 0.000000162. The first-order valence-electron chi connectivity index (χ1n) is 5.00. The molecule has 1 aliphatic heterocycles. The van der Waals surface area contributed by atoms with Crippen molar-refractivity contribution in [1.29, 1.82) is 0 Å². The van der Waals surface area contributed by atoms with Crippen molar-refractivity contribution in [2.75, 3.05) is 5.32 Å². The Morgan fingerprint density at radius 3 is 2.44 bits per heavy atom. The predicted octanol–water partition coefficient (Wildman–Crippen LogP) is 3.12. The maximum absolute atomic E-state index is 5.88. The molecule has 84 valence electrons. The zero-order chi connectivity index (χ0) is 11.4. The van der Waals surface area contributed by atoms with E-state index < -0.39 is 0 Å². The van der Waals surface area contributed by atoms with E-state index in [1.54, 1.807) is 24.3 Å². The Hall–Kier alpha value is -1.39. The second-order valence-corrected chi connectivity index (χ2v) is 5.12. The Kier molecular flexibility index (Phi) is 3.22. The van der Waals surface area contributed by atoms with Crippen LogP contribution in [0.4, 0.5) is 5.69 Å². The second-order valence-electron chi connectivity index (χ2n) is 3.62. The monoisotopic (exact) mass is 234 g/mol. The molecule has 1 aromatic heterocycles. The van der Waals surface area contributed by atoms with E-state index in [0.717, 1.165) is 5.69 Å². The largest absolute Gasteiger partial charge is 0.473 e. The number of hydrogen-bond donors (Lipinski definition) is 2. The summed E-state index contributed by atoms with van der Waals surface area (Å²) in [5.74, 6) is 0. The molecule has 1 atom stereocenters. The molecule has 3 nitrogen and oxygen atoms in total. The van der Waals surface area contributed by atoms with Crippen molar-refractivity contribution >= 4 is 17.4 Å². The molecule has 0 aliphatic carbocycles. The maximum atomic E-state index is 5.88. The standard InChI is InChI=1S/C8H10N2S.C4H4O/c1-8(9)10-6-4-2-3-5-7(6)11-8;1-2-4-5-3-1/h2-5,10H,9H2,1H3;1-4H. The number of nitrogens with one attached hydrogen (secondary N) is 1. The second kappa shape index (κ2) is 4.63. The summed E-state index contributed by atoms with van der Waals surface area (Å²) in [4.78, 5) is 0.904. The first-order valence-corrected chi connectivity index (χ1v) is 5.81. The van der Waals surface area contributed by atoms with Crippen molar-refractivity contribution < 1.29 is 4.42 Å². The van der Waals surface area contributed by atoms with Crippen LogP contribution in [-0.4, -0.2) is 4.99 Å². The highest BCUT2D eigenvalue weighted by molar-refractivity contribution is 8.01. The van der Waals surface area contributed by atoms with Gasteiger partial charge in [-0.1, -0.05) is 23.9 Å². The summed E-state index contributed by atoms with van der Waals surface area (Å²) in [7, 11) is 0. The molecule has 0 saturated heterocycles. The Morgan fingerprint density at radius 1 is 1.19 bits per heavy atom. The van der Waals surface area contributed by atoms with Crippen LogP contribution in [0.25, 0.3) is 0 Å². The highest BCUT2D eigenvalue weighted by atomic mass is 32.2. The number of benzene rings is 1. The molecule has 1 aromatic carbocycles. The van der Waals surface area contributed by atoms with Crippen LogP contribution in [0.2, 0.25) is 0 Å².